The van der Waals surface area contributed by atoms with E-state index in [4.69, 9.17) is 21.1 Å². The number of anilines is 1. The topological polar surface area (TPSA) is 125 Å². The van der Waals surface area contributed by atoms with Gasteiger partial charge in [-0.05, 0) is 55.0 Å². The van der Waals surface area contributed by atoms with Crippen LogP contribution in [0.25, 0.3) is 0 Å². The van der Waals surface area contributed by atoms with Gasteiger partial charge < -0.3 is 29.7 Å². The fourth-order valence-electron chi connectivity index (χ4n) is 7.69. The van der Waals surface area contributed by atoms with Crippen molar-refractivity contribution in [2.45, 2.75) is 74.3 Å². The van der Waals surface area contributed by atoms with Crippen molar-refractivity contribution in [2.75, 3.05) is 24.6 Å². The second-order valence-electron chi connectivity index (χ2n) is 13.6. The lowest BCUT2D eigenvalue weighted by molar-refractivity contribution is -0.161. The first-order chi connectivity index (χ1) is 24.0. The zero-order valence-corrected chi connectivity index (χ0v) is 30.7. The van der Waals surface area contributed by atoms with Gasteiger partial charge >= 0.3 is 5.97 Å². The number of alkyl halides is 1. The Kier molecular flexibility index (Phi) is 12.2. The van der Waals surface area contributed by atoms with Gasteiger partial charge in [-0.2, -0.15) is 0 Å². The van der Waals surface area contributed by atoms with Gasteiger partial charge in [-0.25, -0.2) is 0 Å². The number of halogens is 2. The van der Waals surface area contributed by atoms with E-state index in [1.807, 2.05) is 32.0 Å². The summed E-state index contributed by atoms with van der Waals surface area (Å²) in [6.07, 6.45) is 3.12. The molecule has 3 aliphatic rings. The highest BCUT2D eigenvalue weighted by molar-refractivity contribution is 9.09. The molecule has 2 N–H and O–H groups in total. The van der Waals surface area contributed by atoms with Crippen LogP contribution in [0.5, 0.6) is 0 Å². The number of aliphatic hydroxyl groups is 1. The van der Waals surface area contributed by atoms with Crippen molar-refractivity contribution in [1.82, 2.24) is 10.2 Å². The molecule has 2 aromatic rings. The van der Waals surface area contributed by atoms with Crippen LogP contribution >= 0.6 is 27.5 Å². The number of nitrogens with one attached hydrogen (secondary N) is 1. The van der Waals surface area contributed by atoms with Crippen LogP contribution in [0.3, 0.4) is 0 Å². The normalized spacial score (nSPS) is 26.3. The second-order valence-corrected chi connectivity index (χ2v) is 15.2. The first-order valence-corrected chi connectivity index (χ1v) is 18.3. The Balaban J connectivity index is 1.53. The minimum atomic E-state index is -1.38. The molecule has 3 saturated heterocycles. The molecule has 0 aromatic heterocycles. The van der Waals surface area contributed by atoms with Gasteiger partial charge in [-0.1, -0.05) is 83.9 Å². The Morgan fingerprint density at radius 3 is 2.48 bits per heavy atom. The van der Waals surface area contributed by atoms with Gasteiger partial charge in [-0.15, -0.1) is 13.2 Å². The fraction of sp³-hybridized carbons (Fsp3) is 0.474. The molecular weight excluding hydrogens is 726 g/mol. The van der Waals surface area contributed by atoms with Crippen molar-refractivity contribution in [1.29, 1.82) is 0 Å². The number of fused-ring (bicyclic) bond motifs is 1. The van der Waals surface area contributed by atoms with Gasteiger partial charge in [0.25, 0.3) is 5.91 Å². The zero-order chi connectivity index (χ0) is 36.2. The molecule has 3 heterocycles. The number of likely N-dealkylation sites (tertiary alicyclic amines) is 1. The van der Waals surface area contributed by atoms with Gasteiger partial charge in [0.2, 0.25) is 11.8 Å². The average molecular weight is 771 g/mol. The van der Waals surface area contributed by atoms with Crippen LogP contribution in [0.4, 0.5) is 5.69 Å². The number of aliphatic hydroxyl groups excluding tert-OH is 1. The summed E-state index contributed by atoms with van der Waals surface area (Å²) in [6, 6.07) is 14.0. The van der Waals surface area contributed by atoms with Crippen LogP contribution in [0.1, 0.15) is 51.2 Å². The first-order valence-electron chi connectivity index (χ1n) is 17.0. The van der Waals surface area contributed by atoms with Gasteiger partial charge in [0.15, 0.2) is 0 Å². The van der Waals surface area contributed by atoms with Crippen molar-refractivity contribution in [2.24, 2.45) is 17.8 Å². The predicted octanol–water partition coefficient (Wildman–Crippen LogP) is 5.38. The summed E-state index contributed by atoms with van der Waals surface area (Å²) in [5.74, 6) is -3.73. The third-order valence-corrected chi connectivity index (χ3v) is 10.9. The number of ether oxygens (including phenoxy) is 2. The molecule has 2 aromatic carbocycles. The first kappa shape index (κ1) is 37.7. The molecule has 12 heteroatoms. The molecule has 3 amide bonds. The van der Waals surface area contributed by atoms with E-state index >= 15 is 0 Å². The summed E-state index contributed by atoms with van der Waals surface area (Å²) in [5.41, 5.74) is -0.156. The smallest absolute Gasteiger partial charge is 0.313 e. The third kappa shape index (κ3) is 7.42. The molecule has 3 fully saturated rings. The molecule has 50 heavy (non-hydrogen) atoms. The van der Waals surface area contributed by atoms with Crippen LogP contribution in [0, 0.1) is 17.8 Å². The summed E-state index contributed by atoms with van der Waals surface area (Å²) < 4.78 is 12.9. The van der Waals surface area contributed by atoms with E-state index < -0.39 is 59.5 Å². The summed E-state index contributed by atoms with van der Waals surface area (Å²) in [7, 11) is 0. The van der Waals surface area contributed by atoms with E-state index in [9.17, 15) is 24.3 Å². The number of esters is 1. The van der Waals surface area contributed by atoms with Crippen molar-refractivity contribution in [3.63, 3.8) is 0 Å². The monoisotopic (exact) mass is 769 g/mol. The molecule has 0 aliphatic carbocycles. The number of benzene rings is 2. The minimum Gasteiger partial charge on any atom is -0.455 e. The molecule has 0 saturated carbocycles. The summed E-state index contributed by atoms with van der Waals surface area (Å²) in [5, 5.41) is 14.0. The molecule has 0 radical (unpaired) electrons. The molecule has 10 nitrogen and oxygen atoms in total. The highest BCUT2D eigenvalue weighted by Crippen LogP contribution is 2.61. The lowest BCUT2D eigenvalue weighted by atomic mass is 9.70. The van der Waals surface area contributed by atoms with E-state index in [1.54, 1.807) is 48.6 Å². The van der Waals surface area contributed by atoms with Crippen molar-refractivity contribution in [3.05, 3.63) is 90.5 Å². The number of nitrogens with zero attached hydrogens (tertiary/aromatic N) is 2. The van der Waals surface area contributed by atoms with Crippen molar-refractivity contribution < 1.29 is 33.8 Å². The van der Waals surface area contributed by atoms with Crippen LogP contribution in [-0.2, 0) is 28.7 Å². The van der Waals surface area contributed by atoms with E-state index in [2.05, 4.69) is 34.4 Å². The van der Waals surface area contributed by atoms with E-state index in [0.717, 1.165) is 0 Å². The quantitative estimate of drug-likeness (QED) is 0.134. The molecule has 2 bridgehead atoms. The highest BCUT2D eigenvalue weighted by atomic mass is 79.9. The molecule has 8 atom stereocenters. The summed E-state index contributed by atoms with van der Waals surface area (Å²) in [4.78, 5) is 59.1. The van der Waals surface area contributed by atoms with Crippen LogP contribution in [0.2, 0.25) is 5.02 Å². The van der Waals surface area contributed by atoms with E-state index in [1.165, 1.54) is 9.80 Å². The average Bonchev–Trinajstić information content (AvgIpc) is 3.70. The van der Waals surface area contributed by atoms with Gasteiger partial charge in [0.1, 0.15) is 17.7 Å². The molecule has 5 rings (SSSR count). The van der Waals surface area contributed by atoms with Gasteiger partial charge in [0.05, 0.1) is 37.1 Å². The standard InChI is InChI=1S/C38H45BrClN3O7/c1-5-7-13-30(45)41-21-29(24-11-9-8-10-12-24)49-37(48)31-32-35(46)43(27(22-44)19-23(3)4)34(38(32)20-28(39)33(31)50-38)36(47)42(18-6-2)26-16-14-25(40)15-17-26/h5-6,8-12,14-17,23,27-29,31-34,44H,1-2,7,13,18-22H2,3-4H3,(H,41,45)/t27-,28?,29-,31-,32+,33-,34-,38+/m1/s1. The lowest BCUT2D eigenvalue weighted by Gasteiger charge is -2.39. The number of amides is 3. The SMILES string of the molecule is C=CCCC(=O)NC[C@@H](OC(=O)[C@H]1[C@@H]2O[C@@]3(CC2Br)[C@@H]1C(=O)N([C@@H](CO)CC(C)C)[C@@H]3C(=O)N(CC=C)c1ccc(Cl)cc1)c1ccccc1. The van der Waals surface area contributed by atoms with Crippen LogP contribution in [0.15, 0.2) is 79.9 Å². The predicted molar refractivity (Wildman–Crippen MR) is 195 cm³/mol. The third-order valence-electron chi connectivity index (χ3n) is 9.79. The summed E-state index contributed by atoms with van der Waals surface area (Å²) in [6.45, 7) is 11.3. The molecule has 268 valence electrons. The molecule has 3 aliphatic heterocycles. The molecule has 1 unspecified atom stereocenters. The zero-order valence-electron chi connectivity index (χ0n) is 28.4. The Labute approximate surface area is 306 Å². The second kappa shape index (κ2) is 16.2. The Hall–Kier alpha value is -3.51. The number of rotatable bonds is 16. The van der Waals surface area contributed by atoms with Gasteiger partial charge in [-0.3, -0.25) is 19.2 Å². The molecule has 1 spiro atoms. The minimum absolute atomic E-state index is 0.0251. The maximum absolute atomic E-state index is 14.9. The number of hydrogen-bond acceptors (Lipinski definition) is 7. The summed E-state index contributed by atoms with van der Waals surface area (Å²) >= 11 is 9.89. The Bertz CT molecular complexity index is 1570. The number of carbonyl (C=O) groups is 4. The van der Waals surface area contributed by atoms with Gasteiger partial charge in [0, 0.05) is 28.5 Å². The van der Waals surface area contributed by atoms with Crippen LogP contribution in [-0.4, -0.2) is 82.0 Å². The lowest BCUT2D eigenvalue weighted by Crippen LogP contribution is -2.59. The fourth-order valence-corrected chi connectivity index (χ4v) is 8.76. The number of allylic oxidation sites excluding steroid dienone is 1. The largest absolute Gasteiger partial charge is 0.455 e. The molecular formula is C38H45BrClN3O7. The van der Waals surface area contributed by atoms with E-state index in [0.29, 0.717) is 29.1 Å². The highest BCUT2D eigenvalue weighted by Gasteiger charge is 2.77. The number of hydrogen-bond donors (Lipinski definition) is 2. The van der Waals surface area contributed by atoms with E-state index in [-0.39, 0.29) is 49.2 Å². The van der Waals surface area contributed by atoms with Crippen LogP contribution < -0.4 is 10.2 Å². The maximum atomic E-state index is 14.9. The maximum Gasteiger partial charge on any atom is 0.313 e. The number of carbonyl (C=O) groups excluding carboxylic acids is 4. The van der Waals surface area contributed by atoms with Crippen molar-refractivity contribution >= 4 is 56.9 Å². The van der Waals surface area contributed by atoms with Crippen molar-refractivity contribution in [3.8, 4) is 0 Å². The Morgan fingerprint density at radius 2 is 1.86 bits per heavy atom. The Morgan fingerprint density at radius 1 is 1.16 bits per heavy atom.